The van der Waals surface area contributed by atoms with Crippen LogP contribution in [-0.4, -0.2) is 11.9 Å². The number of carbonyl (C=O) groups excluding carboxylic acids is 2. The summed E-state index contributed by atoms with van der Waals surface area (Å²) in [5.74, 6) is -0.254. The average molecular weight is 510 g/mol. The van der Waals surface area contributed by atoms with E-state index < -0.39 is 5.60 Å². The fraction of sp³-hybridized carbons (Fsp3) is 0.188. The third-order valence-electron chi connectivity index (χ3n) is 6.60. The molecule has 1 fully saturated rings. The van der Waals surface area contributed by atoms with Crippen molar-refractivity contribution in [3.8, 4) is 5.75 Å². The topological polar surface area (TPSA) is 52.6 Å². The minimum Gasteiger partial charge on any atom is -0.451 e. The summed E-state index contributed by atoms with van der Waals surface area (Å²) >= 11 is 0. The second kappa shape index (κ2) is 11.1. The van der Waals surface area contributed by atoms with Gasteiger partial charge in [0.1, 0.15) is 11.4 Å². The first kappa shape index (κ1) is 24.8. The summed E-state index contributed by atoms with van der Waals surface area (Å²) in [7, 11) is -0.279. The molecule has 4 nitrogen and oxygen atoms in total. The van der Waals surface area contributed by atoms with Gasteiger partial charge in [0.05, 0.1) is 16.5 Å². The third kappa shape index (κ3) is 5.62. The number of hydrogen-bond donors (Lipinski definition) is 0. The van der Waals surface area contributed by atoms with Crippen molar-refractivity contribution in [2.75, 3.05) is 0 Å². The van der Waals surface area contributed by atoms with Gasteiger partial charge in [-0.3, -0.25) is 4.79 Å². The fourth-order valence-electron chi connectivity index (χ4n) is 4.89. The first-order valence-corrected chi connectivity index (χ1v) is 13.7. The SMILES string of the molecule is CC(=O)Oc1cccc(C2(OC(=O)c3ccc([S+](c4ccccc4)c4ccccc4)cc3)CCCC2)c1. The van der Waals surface area contributed by atoms with Crippen molar-refractivity contribution in [1.82, 2.24) is 0 Å². The highest BCUT2D eigenvalue weighted by molar-refractivity contribution is 7.97. The molecular formula is C32H29O4S+. The summed E-state index contributed by atoms with van der Waals surface area (Å²) < 4.78 is 11.5. The standard InChI is InChI=1S/C32H29O4S/c1-24(33)35-27-12-10-11-26(23-27)32(21-8-9-22-32)36-31(34)25-17-19-30(20-18-25)37(28-13-4-2-5-14-28)29-15-6-3-7-16-29/h2-7,10-20,23H,8-9,21-22H2,1H3/q+1. The molecular weight excluding hydrogens is 480 g/mol. The van der Waals surface area contributed by atoms with Crippen LogP contribution in [0.3, 0.4) is 0 Å². The van der Waals surface area contributed by atoms with E-state index in [-0.39, 0.29) is 22.8 Å². The molecule has 0 aliphatic heterocycles. The number of benzene rings is 4. The predicted octanol–water partition coefficient (Wildman–Crippen LogP) is 7.33. The first-order valence-electron chi connectivity index (χ1n) is 12.5. The molecule has 0 heterocycles. The molecule has 0 aromatic heterocycles. The summed E-state index contributed by atoms with van der Waals surface area (Å²) in [5, 5.41) is 0. The Kier molecular flexibility index (Phi) is 7.42. The summed E-state index contributed by atoms with van der Waals surface area (Å²) in [5.41, 5.74) is 0.670. The number of ether oxygens (including phenoxy) is 2. The van der Waals surface area contributed by atoms with E-state index in [4.69, 9.17) is 9.47 Å². The highest BCUT2D eigenvalue weighted by Gasteiger charge is 2.40. The van der Waals surface area contributed by atoms with Crippen molar-refractivity contribution in [2.45, 2.75) is 52.9 Å². The monoisotopic (exact) mass is 509 g/mol. The smallest absolute Gasteiger partial charge is 0.339 e. The Morgan fingerprint density at radius 1 is 0.703 bits per heavy atom. The van der Waals surface area contributed by atoms with Crippen LogP contribution in [0.25, 0.3) is 0 Å². The van der Waals surface area contributed by atoms with Gasteiger partial charge in [-0.25, -0.2) is 4.79 Å². The Morgan fingerprint density at radius 3 is 1.84 bits per heavy atom. The van der Waals surface area contributed by atoms with Crippen LogP contribution in [0.15, 0.2) is 124 Å². The quantitative estimate of drug-likeness (QED) is 0.149. The lowest BCUT2D eigenvalue weighted by Crippen LogP contribution is -2.29. The lowest BCUT2D eigenvalue weighted by molar-refractivity contribution is -0.131. The first-order chi connectivity index (χ1) is 18.0. The maximum absolute atomic E-state index is 13.4. The van der Waals surface area contributed by atoms with Crippen LogP contribution in [0, 0.1) is 0 Å². The lowest BCUT2D eigenvalue weighted by atomic mass is 9.91. The molecule has 5 heteroatoms. The van der Waals surface area contributed by atoms with Crippen molar-refractivity contribution >= 4 is 22.8 Å². The maximum Gasteiger partial charge on any atom is 0.339 e. The van der Waals surface area contributed by atoms with Gasteiger partial charge in [-0.15, -0.1) is 0 Å². The average Bonchev–Trinajstić information content (AvgIpc) is 3.40. The molecule has 1 aliphatic carbocycles. The Bertz CT molecular complexity index is 1320. The molecule has 0 spiro atoms. The largest absolute Gasteiger partial charge is 0.451 e. The molecule has 0 bridgehead atoms. The van der Waals surface area contributed by atoms with Crippen LogP contribution in [0.4, 0.5) is 0 Å². The van der Waals surface area contributed by atoms with E-state index in [1.807, 2.05) is 54.6 Å². The van der Waals surface area contributed by atoms with Gasteiger partial charge in [0.15, 0.2) is 14.7 Å². The van der Waals surface area contributed by atoms with E-state index in [9.17, 15) is 9.59 Å². The fourth-order valence-corrected chi connectivity index (χ4v) is 6.97. The zero-order valence-electron chi connectivity index (χ0n) is 20.8. The number of hydrogen-bond acceptors (Lipinski definition) is 4. The van der Waals surface area contributed by atoms with E-state index in [1.54, 1.807) is 6.07 Å². The van der Waals surface area contributed by atoms with E-state index in [0.29, 0.717) is 11.3 Å². The zero-order valence-corrected chi connectivity index (χ0v) is 21.6. The highest BCUT2D eigenvalue weighted by atomic mass is 32.2. The van der Waals surface area contributed by atoms with Gasteiger partial charge in [0.25, 0.3) is 0 Å². The van der Waals surface area contributed by atoms with Crippen LogP contribution in [0.2, 0.25) is 0 Å². The van der Waals surface area contributed by atoms with E-state index in [0.717, 1.165) is 36.1 Å². The minimum atomic E-state index is -0.718. The molecule has 0 radical (unpaired) electrons. The van der Waals surface area contributed by atoms with Crippen molar-refractivity contribution in [2.24, 2.45) is 0 Å². The van der Waals surface area contributed by atoms with Gasteiger partial charge in [-0.05, 0) is 91.9 Å². The summed E-state index contributed by atoms with van der Waals surface area (Å²) in [4.78, 5) is 28.4. The van der Waals surface area contributed by atoms with Crippen molar-refractivity contribution in [3.63, 3.8) is 0 Å². The third-order valence-corrected chi connectivity index (χ3v) is 8.84. The molecule has 1 saturated carbocycles. The Morgan fingerprint density at radius 2 is 1.27 bits per heavy atom. The Labute approximate surface area is 220 Å². The molecule has 5 rings (SSSR count). The second-order valence-corrected chi connectivity index (χ2v) is 11.2. The van der Waals surface area contributed by atoms with Crippen LogP contribution in [0.1, 0.15) is 48.5 Å². The molecule has 0 unspecified atom stereocenters. The van der Waals surface area contributed by atoms with Crippen LogP contribution < -0.4 is 4.74 Å². The highest BCUT2D eigenvalue weighted by Crippen LogP contribution is 2.43. The molecule has 0 amide bonds. The summed E-state index contributed by atoms with van der Waals surface area (Å²) in [6.45, 7) is 1.38. The van der Waals surface area contributed by atoms with Gasteiger partial charge in [-0.2, -0.15) is 0 Å². The molecule has 4 aromatic rings. The predicted molar refractivity (Wildman–Crippen MR) is 145 cm³/mol. The summed E-state index contributed by atoms with van der Waals surface area (Å²) in [6.07, 6.45) is 3.43. The van der Waals surface area contributed by atoms with Crippen LogP contribution in [0.5, 0.6) is 5.75 Å². The lowest BCUT2D eigenvalue weighted by Gasteiger charge is -2.30. The van der Waals surface area contributed by atoms with Gasteiger partial charge in [0, 0.05) is 6.92 Å². The van der Waals surface area contributed by atoms with Crippen molar-refractivity contribution in [1.29, 1.82) is 0 Å². The van der Waals surface area contributed by atoms with E-state index in [1.165, 1.54) is 16.7 Å². The van der Waals surface area contributed by atoms with Gasteiger partial charge < -0.3 is 9.47 Å². The van der Waals surface area contributed by atoms with Gasteiger partial charge >= 0.3 is 11.9 Å². The van der Waals surface area contributed by atoms with Gasteiger partial charge in [-0.1, -0.05) is 48.5 Å². The maximum atomic E-state index is 13.4. The van der Waals surface area contributed by atoms with Crippen LogP contribution >= 0.6 is 0 Å². The van der Waals surface area contributed by atoms with Gasteiger partial charge in [0.2, 0.25) is 0 Å². The molecule has 1 aliphatic rings. The normalized spacial score (nSPS) is 14.3. The zero-order chi connectivity index (χ0) is 25.7. The minimum absolute atomic E-state index is 0.279. The van der Waals surface area contributed by atoms with E-state index in [2.05, 4.69) is 48.5 Å². The molecule has 186 valence electrons. The number of rotatable bonds is 7. The molecule has 0 saturated heterocycles. The molecule has 0 N–H and O–H groups in total. The van der Waals surface area contributed by atoms with Crippen LogP contribution in [-0.2, 0) is 26.0 Å². The molecule has 37 heavy (non-hydrogen) atoms. The number of carbonyl (C=O) groups is 2. The Balaban J connectivity index is 1.41. The van der Waals surface area contributed by atoms with E-state index >= 15 is 0 Å². The van der Waals surface area contributed by atoms with Crippen molar-refractivity contribution in [3.05, 3.63) is 120 Å². The Hall–Kier alpha value is -3.83. The summed E-state index contributed by atoms with van der Waals surface area (Å²) in [6, 6.07) is 36.0. The molecule has 4 aromatic carbocycles. The molecule has 0 atom stereocenters. The number of esters is 2. The van der Waals surface area contributed by atoms with Crippen molar-refractivity contribution < 1.29 is 19.1 Å². The second-order valence-electron chi connectivity index (χ2n) is 9.17.